The van der Waals surface area contributed by atoms with Crippen molar-refractivity contribution in [3.8, 4) is 11.1 Å². The Morgan fingerprint density at radius 1 is 1.05 bits per heavy atom. The first-order valence-electron chi connectivity index (χ1n) is 15.0. The number of unbranched alkanes of at least 4 members (excludes halogenated alkanes) is 1. The number of carboxylic acids is 1. The predicted octanol–water partition coefficient (Wildman–Crippen LogP) is 5.64. The number of benzene rings is 2. The van der Waals surface area contributed by atoms with Crippen LogP contribution in [0, 0.1) is 12.8 Å². The number of carbonyl (C=O) groups is 3. The molecule has 226 valence electrons. The van der Waals surface area contributed by atoms with E-state index in [0.717, 1.165) is 30.1 Å². The SMILES string of the molecule is CCCC(NC(=O)c1ccc(CO)cc1-c1ccccc1C)C(=O)O.O=CNCCOCCCCC1CCCCC1. The van der Waals surface area contributed by atoms with Crippen molar-refractivity contribution in [1.29, 1.82) is 0 Å². The van der Waals surface area contributed by atoms with Gasteiger partial charge in [-0.1, -0.05) is 88.6 Å². The third kappa shape index (κ3) is 12.4. The Balaban J connectivity index is 0.000000317. The van der Waals surface area contributed by atoms with Crippen LogP contribution in [-0.2, 0) is 20.9 Å². The van der Waals surface area contributed by atoms with Crippen LogP contribution in [-0.4, -0.2) is 54.3 Å². The Bertz CT molecular complexity index is 1070. The zero-order chi connectivity index (χ0) is 29.9. The van der Waals surface area contributed by atoms with E-state index in [9.17, 15) is 24.6 Å². The van der Waals surface area contributed by atoms with Crippen LogP contribution in [0.15, 0.2) is 42.5 Å². The molecule has 0 bridgehead atoms. The van der Waals surface area contributed by atoms with Gasteiger partial charge in [0, 0.05) is 18.7 Å². The summed E-state index contributed by atoms with van der Waals surface area (Å²) in [6.45, 7) is 5.80. The monoisotopic (exact) mass is 568 g/mol. The quantitative estimate of drug-likeness (QED) is 0.154. The van der Waals surface area contributed by atoms with Crippen LogP contribution in [0.5, 0.6) is 0 Å². The second kappa shape index (κ2) is 19.8. The van der Waals surface area contributed by atoms with Gasteiger partial charge in [0.25, 0.3) is 5.91 Å². The number of carboxylic acid groups (broad SMARTS) is 1. The fourth-order valence-corrected chi connectivity index (χ4v) is 5.17. The topological polar surface area (TPSA) is 125 Å². The minimum atomic E-state index is -1.04. The molecule has 0 saturated heterocycles. The first-order valence-corrected chi connectivity index (χ1v) is 15.0. The van der Waals surface area contributed by atoms with Crippen molar-refractivity contribution in [2.75, 3.05) is 19.8 Å². The van der Waals surface area contributed by atoms with Gasteiger partial charge < -0.3 is 25.6 Å². The summed E-state index contributed by atoms with van der Waals surface area (Å²) in [5, 5.41) is 23.9. The molecule has 0 radical (unpaired) electrons. The van der Waals surface area contributed by atoms with Crippen molar-refractivity contribution < 1.29 is 29.3 Å². The molecular formula is C33H48N2O6. The molecular weight excluding hydrogens is 520 g/mol. The van der Waals surface area contributed by atoms with E-state index in [4.69, 9.17) is 4.74 Å². The van der Waals surface area contributed by atoms with Crippen molar-refractivity contribution in [1.82, 2.24) is 10.6 Å². The maximum atomic E-state index is 12.7. The molecule has 2 amide bonds. The molecule has 1 aliphatic carbocycles. The molecule has 0 aliphatic heterocycles. The summed E-state index contributed by atoms with van der Waals surface area (Å²) in [4.78, 5) is 34.0. The van der Waals surface area contributed by atoms with E-state index in [2.05, 4.69) is 10.6 Å². The van der Waals surface area contributed by atoms with E-state index in [1.807, 2.05) is 38.1 Å². The molecule has 2 aromatic rings. The van der Waals surface area contributed by atoms with Gasteiger partial charge >= 0.3 is 5.97 Å². The van der Waals surface area contributed by atoms with Gasteiger partial charge in [-0.05, 0) is 60.1 Å². The Hall–Kier alpha value is -3.23. The third-order valence-electron chi connectivity index (χ3n) is 7.48. The number of carbonyl (C=O) groups excluding carboxylic acids is 2. The molecule has 41 heavy (non-hydrogen) atoms. The van der Waals surface area contributed by atoms with Crippen LogP contribution in [0.2, 0.25) is 0 Å². The highest BCUT2D eigenvalue weighted by molar-refractivity contribution is 6.02. The highest BCUT2D eigenvalue weighted by atomic mass is 16.5. The normalized spacial score (nSPS) is 13.9. The first kappa shape index (κ1) is 34.0. The van der Waals surface area contributed by atoms with Gasteiger partial charge in [0.2, 0.25) is 6.41 Å². The molecule has 1 atom stereocenters. The summed E-state index contributed by atoms with van der Waals surface area (Å²) >= 11 is 0. The van der Waals surface area contributed by atoms with Crippen LogP contribution in [0.4, 0.5) is 0 Å². The van der Waals surface area contributed by atoms with Gasteiger partial charge in [0.05, 0.1) is 13.2 Å². The molecule has 0 heterocycles. The van der Waals surface area contributed by atoms with Crippen molar-refractivity contribution in [3.05, 3.63) is 59.2 Å². The fourth-order valence-electron chi connectivity index (χ4n) is 5.17. The molecule has 1 fully saturated rings. The Morgan fingerprint density at radius 2 is 1.80 bits per heavy atom. The van der Waals surface area contributed by atoms with Crippen LogP contribution in [0.3, 0.4) is 0 Å². The molecule has 3 rings (SSSR count). The second-order valence-electron chi connectivity index (χ2n) is 10.7. The Kier molecular flexibility index (Phi) is 16.4. The minimum absolute atomic E-state index is 0.131. The van der Waals surface area contributed by atoms with Crippen molar-refractivity contribution in [2.45, 2.75) is 90.7 Å². The summed E-state index contributed by atoms with van der Waals surface area (Å²) in [6.07, 6.45) is 12.8. The number of aliphatic carboxylic acids is 1. The largest absolute Gasteiger partial charge is 0.480 e. The predicted molar refractivity (Wildman–Crippen MR) is 162 cm³/mol. The van der Waals surface area contributed by atoms with Crippen molar-refractivity contribution in [3.63, 3.8) is 0 Å². The Morgan fingerprint density at radius 3 is 2.46 bits per heavy atom. The number of nitrogens with one attached hydrogen (secondary N) is 2. The molecule has 8 heteroatoms. The van der Waals surface area contributed by atoms with E-state index >= 15 is 0 Å². The Labute approximate surface area is 244 Å². The zero-order valence-corrected chi connectivity index (χ0v) is 24.7. The van der Waals surface area contributed by atoms with E-state index in [1.54, 1.807) is 18.2 Å². The molecule has 2 aromatic carbocycles. The molecule has 1 saturated carbocycles. The van der Waals surface area contributed by atoms with Crippen LogP contribution in [0.25, 0.3) is 11.1 Å². The summed E-state index contributed by atoms with van der Waals surface area (Å²) in [7, 11) is 0. The lowest BCUT2D eigenvalue weighted by Crippen LogP contribution is -2.40. The first-order chi connectivity index (χ1) is 19.9. The van der Waals surface area contributed by atoms with Crippen LogP contribution in [0.1, 0.15) is 92.6 Å². The number of rotatable bonds is 16. The lowest BCUT2D eigenvalue weighted by Gasteiger charge is -2.21. The maximum absolute atomic E-state index is 12.7. The third-order valence-corrected chi connectivity index (χ3v) is 7.48. The lowest BCUT2D eigenvalue weighted by molar-refractivity contribution is -0.139. The van der Waals surface area contributed by atoms with E-state index in [-0.39, 0.29) is 6.61 Å². The smallest absolute Gasteiger partial charge is 0.326 e. The van der Waals surface area contributed by atoms with Gasteiger partial charge in [0.15, 0.2) is 0 Å². The summed E-state index contributed by atoms with van der Waals surface area (Å²) in [5.41, 5.74) is 3.65. The number of hydrogen-bond donors (Lipinski definition) is 4. The molecule has 1 unspecified atom stereocenters. The summed E-state index contributed by atoms with van der Waals surface area (Å²) in [5.74, 6) is -0.478. The highest BCUT2D eigenvalue weighted by Gasteiger charge is 2.22. The van der Waals surface area contributed by atoms with Gasteiger partial charge in [-0.2, -0.15) is 0 Å². The number of aliphatic hydroxyl groups excluding tert-OH is 1. The van der Waals surface area contributed by atoms with E-state index in [0.29, 0.717) is 49.1 Å². The average molecular weight is 569 g/mol. The molecule has 8 nitrogen and oxygen atoms in total. The number of aryl methyl sites for hydroxylation is 1. The number of amides is 2. The van der Waals surface area contributed by atoms with Gasteiger partial charge in [0.1, 0.15) is 6.04 Å². The molecule has 4 N–H and O–H groups in total. The number of hydrogen-bond acceptors (Lipinski definition) is 5. The second-order valence-corrected chi connectivity index (χ2v) is 10.7. The standard InChI is InChI=1S/C20H23NO4.C13H25NO2/c1-3-6-18(20(24)25)21-19(23)16-10-9-14(12-22)11-17(16)15-8-5-4-7-13(15)2;15-12-14-9-11-16-10-5-4-8-13-6-2-1-3-7-13/h4-5,7-11,18,22H,3,6,12H2,1-2H3,(H,21,23)(H,24,25);12-13H,1-11H2,(H,14,15). The molecule has 0 spiro atoms. The van der Waals surface area contributed by atoms with Gasteiger partial charge in [-0.15, -0.1) is 0 Å². The maximum Gasteiger partial charge on any atom is 0.326 e. The summed E-state index contributed by atoms with van der Waals surface area (Å²) in [6, 6.07) is 11.8. The van der Waals surface area contributed by atoms with Crippen LogP contribution >= 0.6 is 0 Å². The van der Waals surface area contributed by atoms with E-state index in [1.165, 1.54) is 44.9 Å². The summed E-state index contributed by atoms with van der Waals surface area (Å²) < 4.78 is 5.40. The van der Waals surface area contributed by atoms with E-state index < -0.39 is 17.9 Å². The highest BCUT2D eigenvalue weighted by Crippen LogP contribution is 2.29. The molecule has 0 aromatic heterocycles. The number of aliphatic hydroxyl groups is 1. The molecule has 1 aliphatic rings. The van der Waals surface area contributed by atoms with Crippen molar-refractivity contribution >= 4 is 18.3 Å². The fraction of sp³-hybridized carbons (Fsp3) is 0.545. The zero-order valence-electron chi connectivity index (χ0n) is 24.7. The number of ether oxygens (including phenoxy) is 1. The average Bonchev–Trinajstić information content (AvgIpc) is 2.99. The van der Waals surface area contributed by atoms with Gasteiger partial charge in [-0.25, -0.2) is 4.79 Å². The van der Waals surface area contributed by atoms with Crippen molar-refractivity contribution in [2.24, 2.45) is 5.92 Å². The van der Waals surface area contributed by atoms with Crippen LogP contribution < -0.4 is 10.6 Å². The minimum Gasteiger partial charge on any atom is -0.480 e. The van der Waals surface area contributed by atoms with Gasteiger partial charge in [-0.3, -0.25) is 9.59 Å². The lowest BCUT2D eigenvalue weighted by atomic mass is 9.86.